The molecule has 22 heavy (non-hydrogen) atoms. The Balaban J connectivity index is 1.88. The highest BCUT2D eigenvalue weighted by Crippen LogP contribution is 2.37. The average Bonchev–Trinajstić information content (AvgIpc) is 2.77. The van der Waals surface area contributed by atoms with Crippen molar-refractivity contribution in [1.29, 1.82) is 0 Å². The molecule has 5 atom stereocenters. The van der Waals surface area contributed by atoms with E-state index in [1.54, 1.807) is 0 Å². The molecule has 0 radical (unpaired) electrons. The number of aromatic nitrogens is 2. The maximum Gasteiger partial charge on any atom is 0.325 e. The fraction of sp³-hybridized carbons (Fsp3) is 0.583. The minimum atomic E-state index is -1.10. The summed E-state index contributed by atoms with van der Waals surface area (Å²) >= 11 is 0. The van der Waals surface area contributed by atoms with Crippen molar-refractivity contribution in [3.8, 4) is 0 Å². The molecule has 0 aliphatic carbocycles. The van der Waals surface area contributed by atoms with Crippen LogP contribution in [0.2, 0.25) is 0 Å². The predicted molar refractivity (Wildman–Crippen MR) is 72.2 cm³/mol. The van der Waals surface area contributed by atoms with Crippen molar-refractivity contribution >= 4 is 6.03 Å². The molecule has 3 heterocycles. The number of H-pyrrole nitrogens is 2. The van der Waals surface area contributed by atoms with E-state index < -0.39 is 47.7 Å². The van der Waals surface area contributed by atoms with Gasteiger partial charge in [-0.3, -0.25) is 9.78 Å². The number of primary amides is 1. The van der Waals surface area contributed by atoms with E-state index >= 15 is 0 Å². The monoisotopic (exact) mass is 312 g/mol. The summed E-state index contributed by atoms with van der Waals surface area (Å²) in [5.74, 6) is 0. The van der Waals surface area contributed by atoms with Crippen LogP contribution in [0, 0.1) is 0 Å². The standard InChI is InChI=1S/C12H16N4O6/c13-11(19)15-5-1-2-21-9-6(17)7(22-8(5)9)4-3-14-12(20)16-10(4)18/h3,5-9,17H,1-2H2,(H3,13,15,19)(H2,14,16,18,20)/t5-,6+,7+,8-,9+/m1/s1. The van der Waals surface area contributed by atoms with Crippen LogP contribution in [-0.2, 0) is 9.47 Å². The van der Waals surface area contributed by atoms with Crippen LogP contribution >= 0.6 is 0 Å². The molecule has 2 saturated heterocycles. The Labute approximate surface area is 123 Å². The van der Waals surface area contributed by atoms with Gasteiger partial charge in [-0.25, -0.2) is 9.59 Å². The van der Waals surface area contributed by atoms with E-state index in [4.69, 9.17) is 15.2 Å². The Morgan fingerprint density at radius 3 is 2.86 bits per heavy atom. The van der Waals surface area contributed by atoms with Crippen molar-refractivity contribution < 1.29 is 19.4 Å². The Morgan fingerprint density at radius 2 is 2.18 bits per heavy atom. The molecule has 2 fully saturated rings. The summed E-state index contributed by atoms with van der Waals surface area (Å²) < 4.78 is 11.2. The number of aromatic amines is 2. The molecule has 120 valence electrons. The molecule has 1 aromatic heterocycles. The molecule has 10 nitrogen and oxygen atoms in total. The topological polar surface area (TPSA) is 160 Å². The van der Waals surface area contributed by atoms with Crippen LogP contribution in [0.1, 0.15) is 18.1 Å². The number of aliphatic hydroxyl groups excluding tert-OH is 1. The van der Waals surface area contributed by atoms with Crippen molar-refractivity contribution in [3.63, 3.8) is 0 Å². The number of hydrogen-bond donors (Lipinski definition) is 5. The van der Waals surface area contributed by atoms with Crippen molar-refractivity contribution in [2.45, 2.75) is 36.9 Å². The quantitative estimate of drug-likeness (QED) is 0.412. The summed E-state index contributed by atoms with van der Waals surface area (Å²) in [6.45, 7) is 0.321. The fourth-order valence-corrected chi connectivity index (χ4v) is 2.93. The van der Waals surface area contributed by atoms with Gasteiger partial charge in [-0.05, 0) is 6.42 Å². The molecule has 0 bridgehead atoms. The second-order valence-electron chi connectivity index (χ2n) is 5.28. The predicted octanol–water partition coefficient (Wildman–Crippen LogP) is -2.31. The molecule has 2 aliphatic rings. The molecule has 0 saturated carbocycles. The average molecular weight is 312 g/mol. The molecular weight excluding hydrogens is 296 g/mol. The van der Waals surface area contributed by atoms with Crippen LogP contribution in [0.15, 0.2) is 15.8 Å². The summed E-state index contributed by atoms with van der Waals surface area (Å²) in [6, 6.07) is -1.12. The Bertz CT molecular complexity index is 685. The summed E-state index contributed by atoms with van der Waals surface area (Å²) in [6.07, 6.45) is -1.72. The van der Waals surface area contributed by atoms with E-state index in [2.05, 4.69) is 15.3 Å². The first-order valence-corrected chi connectivity index (χ1v) is 6.80. The Hall–Kier alpha value is -2.17. The maximum absolute atomic E-state index is 11.8. The molecule has 3 rings (SSSR count). The Morgan fingerprint density at radius 1 is 1.41 bits per heavy atom. The number of nitrogens with one attached hydrogen (secondary N) is 3. The van der Waals surface area contributed by atoms with Crippen molar-refractivity contribution in [2.75, 3.05) is 6.61 Å². The van der Waals surface area contributed by atoms with Gasteiger partial charge in [0.2, 0.25) is 0 Å². The van der Waals surface area contributed by atoms with E-state index in [1.807, 2.05) is 0 Å². The van der Waals surface area contributed by atoms with Gasteiger partial charge in [0.25, 0.3) is 5.56 Å². The summed E-state index contributed by atoms with van der Waals surface area (Å²) in [4.78, 5) is 38.3. The molecule has 0 aromatic carbocycles. The molecule has 1 aromatic rings. The number of fused-ring (bicyclic) bond motifs is 1. The van der Waals surface area contributed by atoms with E-state index in [1.165, 1.54) is 6.20 Å². The van der Waals surface area contributed by atoms with Crippen LogP contribution < -0.4 is 22.3 Å². The summed E-state index contributed by atoms with van der Waals surface area (Å²) in [5.41, 5.74) is 3.91. The SMILES string of the molecule is NC(=O)N[C@@H]1CCO[C@H]2[C@@H](O)[C@H](c3c[nH]c(=O)[nH]c3=O)O[C@@H]21. The summed E-state index contributed by atoms with van der Waals surface area (Å²) in [7, 11) is 0. The zero-order valence-corrected chi connectivity index (χ0v) is 11.4. The van der Waals surface area contributed by atoms with Crippen molar-refractivity contribution in [2.24, 2.45) is 5.73 Å². The van der Waals surface area contributed by atoms with Gasteiger partial charge in [0, 0.05) is 12.8 Å². The molecule has 2 amide bonds. The van der Waals surface area contributed by atoms with Crippen LogP contribution in [0.5, 0.6) is 0 Å². The van der Waals surface area contributed by atoms with Crippen molar-refractivity contribution in [3.05, 3.63) is 32.6 Å². The van der Waals surface area contributed by atoms with E-state index in [0.29, 0.717) is 13.0 Å². The van der Waals surface area contributed by atoms with Gasteiger partial charge in [0.1, 0.15) is 24.4 Å². The van der Waals surface area contributed by atoms with Gasteiger partial charge in [0.15, 0.2) is 0 Å². The Kier molecular flexibility index (Phi) is 3.72. The molecule has 0 unspecified atom stereocenters. The number of ether oxygens (including phenoxy) is 2. The minimum absolute atomic E-state index is 0.0860. The first kappa shape index (κ1) is 14.8. The molecule has 2 aliphatic heterocycles. The number of hydrogen-bond acceptors (Lipinski definition) is 6. The fourth-order valence-electron chi connectivity index (χ4n) is 2.93. The molecule has 0 spiro atoms. The lowest BCUT2D eigenvalue weighted by molar-refractivity contribution is -0.0837. The lowest BCUT2D eigenvalue weighted by Gasteiger charge is -2.33. The summed E-state index contributed by atoms with van der Waals surface area (Å²) in [5, 5.41) is 12.9. The molecule has 6 N–H and O–H groups in total. The third kappa shape index (κ3) is 2.51. The first-order valence-electron chi connectivity index (χ1n) is 6.80. The van der Waals surface area contributed by atoms with Gasteiger partial charge < -0.3 is 30.6 Å². The van der Waals surface area contributed by atoms with Crippen LogP contribution in [-0.4, -0.2) is 52.1 Å². The number of rotatable bonds is 2. The number of urea groups is 1. The third-order valence-electron chi connectivity index (χ3n) is 3.89. The van der Waals surface area contributed by atoms with Gasteiger partial charge >= 0.3 is 11.7 Å². The second kappa shape index (κ2) is 5.55. The van der Waals surface area contributed by atoms with Crippen molar-refractivity contribution in [1.82, 2.24) is 15.3 Å². The van der Waals surface area contributed by atoms with E-state index in [-0.39, 0.29) is 5.56 Å². The van der Waals surface area contributed by atoms with Crippen LogP contribution in [0.3, 0.4) is 0 Å². The smallest absolute Gasteiger partial charge is 0.325 e. The van der Waals surface area contributed by atoms with Gasteiger partial charge in [-0.2, -0.15) is 0 Å². The van der Waals surface area contributed by atoms with E-state index in [9.17, 15) is 19.5 Å². The minimum Gasteiger partial charge on any atom is -0.387 e. The van der Waals surface area contributed by atoms with E-state index in [0.717, 1.165) is 0 Å². The lowest BCUT2D eigenvalue weighted by atomic mass is 9.96. The number of aliphatic hydroxyl groups is 1. The highest BCUT2D eigenvalue weighted by Gasteiger charge is 2.51. The maximum atomic E-state index is 11.8. The highest BCUT2D eigenvalue weighted by molar-refractivity contribution is 5.72. The van der Waals surface area contributed by atoms with Gasteiger partial charge in [-0.1, -0.05) is 0 Å². The first-order chi connectivity index (χ1) is 10.5. The highest BCUT2D eigenvalue weighted by atomic mass is 16.6. The molecule has 10 heteroatoms. The number of carbonyl (C=O) groups excluding carboxylic acids is 1. The number of nitrogens with two attached hydrogens (primary N) is 1. The lowest BCUT2D eigenvalue weighted by Crippen LogP contribution is -2.54. The third-order valence-corrected chi connectivity index (χ3v) is 3.89. The second-order valence-corrected chi connectivity index (χ2v) is 5.28. The number of carbonyl (C=O) groups is 1. The number of amides is 2. The van der Waals surface area contributed by atoms with Crippen LogP contribution in [0.4, 0.5) is 4.79 Å². The largest absolute Gasteiger partial charge is 0.387 e. The zero-order chi connectivity index (χ0) is 15.9. The van der Waals surface area contributed by atoms with Crippen LogP contribution in [0.25, 0.3) is 0 Å². The zero-order valence-electron chi connectivity index (χ0n) is 11.4. The molecular formula is C12H16N4O6. The normalized spacial score (nSPS) is 34.1. The van der Waals surface area contributed by atoms with Gasteiger partial charge in [-0.15, -0.1) is 0 Å². The van der Waals surface area contributed by atoms with Gasteiger partial charge in [0.05, 0.1) is 11.6 Å².